The molecule has 4 heteroatoms. The number of amides is 1. The van der Waals surface area contributed by atoms with E-state index < -0.39 is 12.0 Å². The smallest absolute Gasteiger partial charge is 0.326 e. The average Bonchev–Trinajstić information content (AvgIpc) is 3.27. The molecule has 1 N–H and O–H groups in total. The number of carboxylic acid groups (broad SMARTS) is 1. The molecule has 4 nitrogen and oxygen atoms in total. The van der Waals surface area contributed by atoms with E-state index >= 15 is 0 Å². The summed E-state index contributed by atoms with van der Waals surface area (Å²) >= 11 is 0. The van der Waals surface area contributed by atoms with Crippen LogP contribution in [0.2, 0.25) is 0 Å². The maximum Gasteiger partial charge on any atom is 0.326 e. The van der Waals surface area contributed by atoms with Gasteiger partial charge >= 0.3 is 5.97 Å². The zero-order chi connectivity index (χ0) is 15.3. The number of hydrogen-bond donors (Lipinski definition) is 1. The van der Waals surface area contributed by atoms with Gasteiger partial charge in [0.1, 0.15) is 6.04 Å². The van der Waals surface area contributed by atoms with Crippen molar-refractivity contribution >= 4 is 11.9 Å². The fourth-order valence-electron chi connectivity index (χ4n) is 4.53. The number of benzene rings is 1. The molecular weight excluding hydrogens is 278 g/mol. The third kappa shape index (κ3) is 2.13. The first-order valence-electron chi connectivity index (χ1n) is 8.27. The van der Waals surface area contributed by atoms with E-state index in [-0.39, 0.29) is 11.8 Å². The van der Waals surface area contributed by atoms with Gasteiger partial charge in [-0.1, -0.05) is 37.1 Å². The van der Waals surface area contributed by atoms with Crippen molar-refractivity contribution in [2.45, 2.75) is 44.7 Å². The van der Waals surface area contributed by atoms with Gasteiger partial charge in [-0.05, 0) is 35.8 Å². The molecule has 0 saturated heterocycles. The predicted molar refractivity (Wildman–Crippen MR) is 81.1 cm³/mol. The number of carboxylic acids is 1. The van der Waals surface area contributed by atoms with Crippen LogP contribution in [0.15, 0.2) is 24.3 Å². The summed E-state index contributed by atoms with van der Waals surface area (Å²) in [6, 6.07) is 7.17. The predicted octanol–water partition coefficient (Wildman–Crippen LogP) is 2.46. The van der Waals surface area contributed by atoms with E-state index in [1.165, 1.54) is 12.8 Å². The number of hydrogen-bond acceptors (Lipinski definition) is 2. The quantitative estimate of drug-likeness (QED) is 0.912. The first-order valence-corrected chi connectivity index (χ1v) is 8.27. The van der Waals surface area contributed by atoms with Gasteiger partial charge in [0, 0.05) is 18.9 Å². The molecule has 0 bridgehead atoms. The van der Waals surface area contributed by atoms with Gasteiger partial charge in [-0.15, -0.1) is 0 Å². The lowest BCUT2D eigenvalue weighted by atomic mass is 9.93. The average molecular weight is 299 g/mol. The van der Waals surface area contributed by atoms with Crippen LogP contribution in [0.4, 0.5) is 0 Å². The highest BCUT2D eigenvalue weighted by Crippen LogP contribution is 2.56. The highest BCUT2D eigenvalue weighted by atomic mass is 16.4. The normalized spacial score (nSPS) is 32.8. The Labute approximate surface area is 130 Å². The molecule has 1 heterocycles. The molecule has 4 rings (SSSR count). The Hall–Kier alpha value is -1.84. The Morgan fingerprint density at radius 1 is 1.05 bits per heavy atom. The number of fused-ring (bicyclic) bond motifs is 2. The molecule has 0 aromatic heterocycles. The third-order valence-corrected chi connectivity index (χ3v) is 5.76. The summed E-state index contributed by atoms with van der Waals surface area (Å²) < 4.78 is 0. The highest BCUT2D eigenvalue weighted by Gasteiger charge is 2.57. The molecule has 1 aliphatic heterocycles. The lowest BCUT2D eigenvalue weighted by Crippen LogP contribution is -2.49. The zero-order valence-corrected chi connectivity index (χ0v) is 12.6. The van der Waals surface area contributed by atoms with Crippen LogP contribution in [0.25, 0.3) is 0 Å². The van der Waals surface area contributed by atoms with E-state index in [1.807, 2.05) is 24.3 Å². The molecule has 0 radical (unpaired) electrons. The standard InChI is InChI=1S/C18H21NO3/c20-17(16-13-7-3-4-8-14(13)16)19-10-12-6-2-1-5-11(12)9-15(19)18(21)22/h1-2,5-6,13-16H,3-4,7-10H2,(H,21,22). The van der Waals surface area contributed by atoms with Crippen molar-refractivity contribution in [1.82, 2.24) is 4.90 Å². The van der Waals surface area contributed by atoms with Crippen molar-refractivity contribution in [3.8, 4) is 0 Å². The van der Waals surface area contributed by atoms with Crippen LogP contribution in [-0.4, -0.2) is 27.9 Å². The topological polar surface area (TPSA) is 57.6 Å². The Kier molecular flexibility index (Phi) is 3.21. The van der Waals surface area contributed by atoms with E-state index in [2.05, 4.69) is 0 Å². The summed E-state index contributed by atoms with van der Waals surface area (Å²) in [5.41, 5.74) is 2.16. The van der Waals surface area contributed by atoms with E-state index in [0.717, 1.165) is 24.0 Å². The van der Waals surface area contributed by atoms with Crippen molar-refractivity contribution in [3.63, 3.8) is 0 Å². The van der Waals surface area contributed by atoms with Gasteiger partial charge in [-0.25, -0.2) is 4.79 Å². The Morgan fingerprint density at radius 3 is 2.32 bits per heavy atom. The lowest BCUT2D eigenvalue weighted by Gasteiger charge is -2.34. The first-order chi connectivity index (χ1) is 10.7. The molecule has 3 atom stereocenters. The van der Waals surface area contributed by atoms with E-state index in [1.54, 1.807) is 4.90 Å². The minimum Gasteiger partial charge on any atom is -0.480 e. The van der Waals surface area contributed by atoms with Crippen molar-refractivity contribution < 1.29 is 14.7 Å². The fraction of sp³-hybridized carbons (Fsp3) is 0.556. The fourth-order valence-corrected chi connectivity index (χ4v) is 4.53. The van der Waals surface area contributed by atoms with Crippen LogP contribution in [-0.2, 0) is 22.6 Å². The van der Waals surface area contributed by atoms with Gasteiger partial charge in [0.15, 0.2) is 0 Å². The van der Waals surface area contributed by atoms with Crippen molar-refractivity contribution in [1.29, 1.82) is 0 Å². The third-order valence-electron chi connectivity index (χ3n) is 5.76. The number of carbonyl (C=O) groups is 2. The van der Waals surface area contributed by atoms with Crippen LogP contribution >= 0.6 is 0 Å². The summed E-state index contributed by atoms with van der Waals surface area (Å²) in [5.74, 6) is 0.334. The molecule has 1 amide bonds. The molecule has 0 spiro atoms. The van der Waals surface area contributed by atoms with Crippen LogP contribution in [0, 0.1) is 17.8 Å². The van der Waals surface area contributed by atoms with Gasteiger partial charge in [-0.2, -0.15) is 0 Å². The number of carbonyl (C=O) groups excluding carboxylic acids is 1. The molecule has 2 saturated carbocycles. The molecule has 3 aliphatic rings. The Morgan fingerprint density at radius 2 is 1.68 bits per heavy atom. The minimum atomic E-state index is -0.883. The van der Waals surface area contributed by atoms with E-state index in [0.29, 0.717) is 24.8 Å². The second-order valence-electron chi connectivity index (χ2n) is 6.93. The summed E-state index contributed by atoms with van der Waals surface area (Å²) in [5, 5.41) is 9.55. The van der Waals surface area contributed by atoms with Gasteiger partial charge in [-0.3, -0.25) is 4.79 Å². The minimum absolute atomic E-state index is 0.0822. The van der Waals surface area contributed by atoms with Gasteiger partial charge in [0.05, 0.1) is 0 Å². The molecule has 116 valence electrons. The summed E-state index contributed by atoms with van der Waals surface area (Å²) in [6.45, 7) is 0.446. The van der Waals surface area contributed by atoms with Gasteiger partial charge in [0.25, 0.3) is 0 Å². The largest absolute Gasteiger partial charge is 0.480 e. The molecule has 1 aromatic rings. The summed E-state index contributed by atoms with van der Waals surface area (Å²) in [4.78, 5) is 26.2. The lowest BCUT2D eigenvalue weighted by molar-refractivity contribution is -0.152. The summed E-state index contributed by atoms with van der Waals surface area (Å²) in [7, 11) is 0. The first kappa shape index (κ1) is 13.8. The second kappa shape index (κ2) is 5.11. The molecule has 1 aromatic carbocycles. The molecule has 2 fully saturated rings. The second-order valence-corrected chi connectivity index (χ2v) is 6.93. The highest BCUT2D eigenvalue weighted by molar-refractivity contribution is 5.88. The molecule has 22 heavy (non-hydrogen) atoms. The van der Waals surface area contributed by atoms with Crippen molar-refractivity contribution in [2.24, 2.45) is 17.8 Å². The molecular formula is C18H21NO3. The zero-order valence-electron chi connectivity index (χ0n) is 12.6. The molecule has 2 aliphatic carbocycles. The monoisotopic (exact) mass is 299 g/mol. The number of rotatable bonds is 2. The van der Waals surface area contributed by atoms with E-state index in [9.17, 15) is 14.7 Å². The SMILES string of the molecule is O=C(O)C1Cc2ccccc2CN1C(=O)C1C2CCCCC21. The van der Waals surface area contributed by atoms with Gasteiger partial charge < -0.3 is 10.0 Å². The van der Waals surface area contributed by atoms with Crippen LogP contribution in [0.5, 0.6) is 0 Å². The van der Waals surface area contributed by atoms with E-state index in [4.69, 9.17) is 0 Å². The molecule has 3 unspecified atom stereocenters. The number of nitrogens with zero attached hydrogens (tertiary/aromatic N) is 1. The maximum atomic E-state index is 12.9. The van der Waals surface area contributed by atoms with Crippen molar-refractivity contribution in [3.05, 3.63) is 35.4 Å². The Balaban J connectivity index is 1.59. The summed E-state index contributed by atoms with van der Waals surface area (Å²) in [6.07, 6.45) is 5.15. The van der Waals surface area contributed by atoms with Crippen LogP contribution in [0.1, 0.15) is 36.8 Å². The van der Waals surface area contributed by atoms with Gasteiger partial charge in [0.2, 0.25) is 5.91 Å². The maximum absolute atomic E-state index is 12.9. The number of aliphatic carboxylic acids is 1. The van der Waals surface area contributed by atoms with Crippen LogP contribution < -0.4 is 0 Å². The van der Waals surface area contributed by atoms with Crippen LogP contribution in [0.3, 0.4) is 0 Å². The Bertz CT molecular complexity index is 615. The van der Waals surface area contributed by atoms with Crippen molar-refractivity contribution in [2.75, 3.05) is 0 Å².